The van der Waals surface area contributed by atoms with Crippen molar-refractivity contribution in [2.75, 3.05) is 24.6 Å². The average Bonchev–Trinajstić information content (AvgIpc) is 3.12. The fourth-order valence-corrected chi connectivity index (χ4v) is 4.26. The summed E-state index contributed by atoms with van der Waals surface area (Å²) in [6.45, 7) is 7.33. The molecule has 1 aromatic heterocycles. The van der Waals surface area contributed by atoms with Gasteiger partial charge in [-0.3, -0.25) is 0 Å². The van der Waals surface area contributed by atoms with Crippen LogP contribution in [0.2, 0.25) is 0 Å². The van der Waals surface area contributed by atoms with Gasteiger partial charge in [0.05, 0.1) is 18.8 Å². The summed E-state index contributed by atoms with van der Waals surface area (Å²) in [6.07, 6.45) is 7.41. The monoisotopic (exact) mass is 295 g/mol. The molecule has 0 spiro atoms. The van der Waals surface area contributed by atoms with Crippen molar-refractivity contribution in [2.24, 2.45) is 0 Å². The van der Waals surface area contributed by atoms with Crippen LogP contribution in [0.1, 0.15) is 50.4 Å². The number of thiazole rings is 1. The smallest absolute Gasteiger partial charge is 0.185 e. The van der Waals surface area contributed by atoms with Gasteiger partial charge in [0.1, 0.15) is 0 Å². The van der Waals surface area contributed by atoms with Gasteiger partial charge >= 0.3 is 0 Å². The second-order valence-corrected chi connectivity index (χ2v) is 6.86. The maximum absolute atomic E-state index is 5.88. The maximum Gasteiger partial charge on any atom is 0.185 e. The van der Waals surface area contributed by atoms with Crippen molar-refractivity contribution in [2.45, 2.75) is 57.7 Å². The molecule has 20 heavy (non-hydrogen) atoms. The Balaban J connectivity index is 1.69. The van der Waals surface area contributed by atoms with Crippen molar-refractivity contribution in [3.05, 3.63) is 11.1 Å². The highest BCUT2D eigenvalue weighted by atomic mass is 32.1. The van der Waals surface area contributed by atoms with E-state index in [1.807, 2.05) is 17.5 Å². The van der Waals surface area contributed by atoms with Crippen molar-refractivity contribution in [1.29, 1.82) is 0 Å². The number of hydrogen-bond donors (Lipinski definition) is 1. The lowest BCUT2D eigenvalue weighted by Gasteiger charge is -2.37. The topological polar surface area (TPSA) is 37.4 Å². The Kier molecular flexibility index (Phi) is 4.58. The molecule has 4 nitrogen and oxygen atoms in total. The molecule has 2 aliphatic rings. The van der Waals surface area contributed by atoms with Crippen LogP contribution in [0.15, 0.2) is 6.20 Å². The Labute approximate surface area is 125 Å². The lowest BCUT2D eigenvalue weighted by Crippen LogP contribution is -2.48. The van der Waals surface area contributed by atoms with Gasteiger partial charge in [-0.2, -0.15) is 0 Å². The first kappa shape index (κ1) is 14.3. The van der Waals surface area contributed by atoms with Crippen molar-refractivity contribution >= 4 is 16.5 Å². The molecule has 1 aliphatic carbocycles. The zero-order valence-corrected chi connectivity index (χ0v) is 13.3. The number of nitrogens with zero attached hydrogens (tertiary/aromatic N) is 2. The fraction of sp³-hybridized carbons (Fsp3) is 0.800. The summed E-state index contributed by atoms with van der Waals surface area (Å²) < 4.78 is 5.88. The first-order valence-corrected chi connectivity index (χ1v) is 8.68. The number of nitrogens with one attached hydrogen (secondary N) is 1. The molecule has 3 atom stereocenters. The first-order valence-electron chi connectivity index (χ1n) is 7.87. The molecule has 112 valence electrons. The SMILES string of the molecule is CCCNC(C)c1cnc(N2CCOC3CCCC32)s1. The van der Waals surface area contributed by atoms with Gasteiger partial charge in [0.2, 0.25) is 0 Å². The quantitative estimate of drug-likeness (QED) is 0.906. The number of hydrogen-bond acceptors (Lipinski definition) is 5. The number of morpholine rings is 1. The molecule has 2 heterocycles. The van der Waals surface area contributed by atoms with Crippen LogP contribution in [0.25, 0.3) is 0 Å². The van der Waals surface area contributed by atoms with E-state index in [2.05, 4.69) is 29.0 Å². The predicted octanol–water partition coefficient (Wildman–Crippen LogP) is 2.96. The third kappa shape index (κ3) is 2.85. The van der Waals surface area contributed by atoms with Gasteiger partial charge in [-0.05, 0) is 39.2 Å². The molecule has 3 rings (SSSR count). The highest BCUT2D eigenvalue weighted by Gasteiger charge is 2.37. The molecule has 1 aromatic rings. The van der Waals surface area contributed by atoms with E-state index in [-0.39, 0.29) is 0 Å². The number of aromatic nitrogens is 1. The van der Waals surface area contributed by atoms with Crippen molar-refractivity contribution in [3.8, 4) is 0 Å². The van der Waals surface area contributed by atoms with E-state index in [1.165, 1.54) is 35.7 Å². The molecule has 5 heteroatoms. The third-order valence-electron chi connectivity index (χ3n) is 4.37. The first-order chi connectivity index (χ1) is 9.79. The van der Waals surface area contributed by atoms with Crippen LogP contribution in [0, 0.1) is 0 Å². The van der Waals surface area contributed by atoms with Crippen LogP contribution in [0.5, 0.6) is 0 Å². The summed E-state index contributed by atoms with van der Waals surface area (Å²) in [6, 6.07) is 0.961. The minimum Gasteiger partial charge on any atom is -0.374 e. The molecule has 1 aliphatic heterocycles. The second-order valence-electron chi connectivity index (χ2n) is 5.82. The molecule has 3 unspecified atom stereocenters. The largest absolute Gasteiger partial charge is 0.374 e. The Morgan fingerprint density at radius 2 is 2.45 bits per heavy atom. The molecule has 0 radical (unpaired) electrons. The van der Waals surface area contributed by atoms with E-state index in [0.29, 0.717) is 18.2 Å². The van der Waals surface area contributed by atoms with E-state index < -0.39 is 0 Å². The molecule has 1 saturated carbocycles. The van der Waals surface area contributed by atoms with E-state index in [0.717, 1.165) is 19.7 Å². The standard InChI is InChI=1S/C15H25N3OS/c1-3-7-16-11(2)14-10-17-15(20-14)18-8-9-19-13-6-4-5-12(13)18/h10-13,16H,3-9H2,1-2H3. The van der Waals surface area contributed by atoms with Gasteiger partial charge < -0.3 is 15.0 Å². The summed E-state index contributed by atoms with van der Waals surface area (Å²) in [5, 5.41) is 4.72. The minimum absolute atomic E-state index is 0.404. The van der Waals surface area contributed by atoms with Crippen LogP contribution in [-0.2, 0) is 4.74 Å². The maximum atomic E-state index is 5.88. The third-order valence-corrected chi connectivity index (χ3v) is 5.58. The van der Waals surface area contributed by atoms with Gasteiger partial charge in [0, 0.05) is 23.7 Å². The molecule has 0 bridgehead atoms. The van der Waals surface area contributed by atoms with Gasteiger partial charge in [0.25, 0.3) is 0 Å². The molecular weight excluding hydrogens is 270 g/mol. The number of ether oxygens (including phenoxy) is 1. The lowest BCUT2D eigenvalue weighted by molar-refractivity contribution is 0.0256. The minimum atomic E-state index is 0.404. The van der Waals surface area contributed by atoms with Crippen LogP contribution < -0.4 is 10.2 Å². The Morgan fingerprint density at radius 1 is 1.55 bits per heavy atom. The normalized spacial score (nSPS) is 27.6. The van der Waals surface area contributed by atoms with Gasteiger partial charge in [0.15, 0.2) is 5.13 Å². The number of fused-ring (bicyclic) bond motifs is 1. The van der Waals surface area contributed by atoms with Crippen molar-refractivity contribution < 1.29 is 4.74 Å². The Bertz CT molecular complexity index is 437. The fourth-order valence-electron chi connectivity index (χ4n) is 3.23. The highest BCUT2D eigenvalue weighted by Crippen LogP contribution is 2.36. The molecule has 1 N–H and O–H groups in total. The van der Waals surface area contributed by atoms with E-state index in [9.17, 15) is 0 Å². The molecular formula is C15H25N3OS. The number of rotatable bonds is 5. The average molecular weight is 295 g/mol. The van der Waals surface area contributed by atoms with E-state index in [1.54, 1.807) is 0 Å². The molecule has 1 saturated heterocycles. The molecule has 2 fully saturated rings. The van der Waals surface area contributed by atoms with E-state index in [4.69, 9.17) is 4.74 Å². The Hall–Kier alpha value is -0.650. The Morgan fingerprint density at radius 3 is 3.30 bits per heavy atom. The predicted molar refractivity (Wildman–Crippen MR) is 83.5 cm³/mol. The van der Waals surface area contributed by atoms with Crippen molar-refractivity contribution in [3.63, 3.8) is 0 Å². The molecule has 0 aromatic carbocycles. The zero-order valence-electron chi connectivity index (χ0n) is 12.5. The van der Waals surface area contributed by atoms with Crippen LogP contribution in [-0.4, -0.2) is 36.8 Å². The summed E-state index contributed by atoms with van der Waals surface area (Å²) >= 11 is 1.84. The van der Waals surface area contributed by atoms with Gasteiger partial charge in [-0.25, -0.2) is 4.98 Å². The van der Waals surface area contributed by atoms with Crippen molar-refractivity contribution in [1.82, 2.24) is 10.3 Å². The highest BCUT2D eigenvalue weighted by molar-refractivity contribution is 7.15. The summed E-state index contributed by atoms with van der Waals surface area (Å²) in [4.78, 5) is 8.51. The van der Waals surface area contributed by atoms with Crippen LogP contribution >= 0.6 is 11.3 Å². The lowest BCUT2D eigenvalue weighted by atomic mass is 10.1. The summed E-state index contributed by atoms with van der Waals surface area (Å²) in [7, 11) is 0. The summed E-state index contributed by atoms with van der Waals surface area (Å²) in [5.74, 6) is 0. The van der Waals surface area contributed by atoms with Gasteiger partial charge in [-0.1, -0.05) is 6.92 Å². The second kappa shape index (κ2) is 6.41. The molecule has 0 amide bonds. The van der Waals surface area contributed by atoms with E-state index >= 15 is 0 Å². The van der Waals surface area contributed by atoms with Gasteiger partial charge in [-0.15, -0.1) is 11.3 Å². The zero-order chi connectivity index (χ0) is 13.9. The number of anilines is 1. The summed E-state index contributed by atoms with van der Waals surface area (Å²) in [5.41, 5.74) is 0. The van der Waals surface area contributed by atoms with Crippen LogP contribution in [0.4, 0.5) is 5.13 Å². The van der Waals surface area contributed by atoms with Crippen LogP contribution in [0.3, 0.4) is 0 Å².